The van der Waals surface area contributed by atoms with Crippen LogP contribution in [-0.4, -0.2) is 24.8 Å². The summed E-state index contributed by atoms with van der Waals surface area (Å²) in [6, 6.07) is 19.0. The number of phenolic OH excluding ortho intramolecular Hbond substituents is 1. The molecule has 0 saturated carbocycles. The van der Waals surface area contributed by atoms with E-state index in [1.54, 1.807) is 12.3 Å². The summed E-state index contributed by atoms with van der Waals surface area (Å²) in [5.41, 5.74) is 5.92. The molecule has 166 valence electrons. The van der Waals surface area contributed by atoms with Crippen molar-refractivity contribution in [2.75, 3.05) is 4.90 Å². The van der Waals surface area contributed by atoms with Gasteiger partial charge in [0.15, 0.2) is 5.11 Å². The summed E-state index contributed by atoms with van der Waals surface area (Å²) >= 11 is 5.79. The van der Waals surface area contributed by atoms with Gasteiger partial charge in [-0.05, 0) is 80.5 Å². The molecular formula is C26H25N5OS. The van der Waals surface area contributed by atoms with Crippen LogP contribution in [0.4, 0.5) is 5.69 Å². The summed E-state index contributed by atoms with van der Waals surface area (Å²) < 4.78 is 2.19. The molecule has 1 aliphatic heterocycles. The summed E-state index contributed by atoms with van der Waals surface area (Å²) in [6.45, 7) is 6.26. The third-order valence-corrected chi connectivity index (χ3v) is 6.54. The topological polar surface area (TPSA) is 66.2 Å². The second-order valence-corrected chi connectivity index (χ2v) is 8.68. The first-order valence-electron chi connectivity index (χ1n) is 10.9. The summed E-state index contributed by atoms with van der Waals surface area (Å²) in [7, 11) is 0. The second-order valence-electron chi connectivity index (χ2n) is 8.29. The number of benzene rings is 1. The van der Waals surface area contributed by atoms with Crippen molar-refractivity contribution in [3.63, 3.8) is 0 Å². The van der Waals surface area contributed by atoms with E-state index in [9.17, 15) is 5.11 Å². The van der Waals surface area contributed by atoms with Crippen molar-refractivity contribution in [1.82, 2.24) is 19.9 Å². The maximum absolute atomic E-state index is 10.7. The highest BCUT2D eigenvalue weighted by Crippen LogP contribution is 2.45. The van der Waals surface area contributed by atoms with E-state index in [1.807, 2.05) is 53.6 Å². The fourth-order valence-electron chi connectivity index (χ4n) is 4.72. The number of nitrogens with one attached hydrogen (secondary N) is 1. The van der Waals surface area contributed by atoms with Gasteiger partial charge in [-0.2, -0.15) is 0 Å². The molecule has 1 aromatic carbocycles. The van der Waals surface area contributed by atoms with Gasteiger partial charge in [0.1, 0.15) is 11.6 Å². The molecule has 1 aliphatic rings. The van der Waals surface area contributed by atoms with Gasteiger partial charge in [-0.3, -0.25) is 4.98 Å². The van der Waals surface area contributed by atoms with Gasteiger partial charge < -0.3 is 19.9 Å². The Hall–Kier alpha value is -3.71. The van der Waals surface area contributed by atoms with E-state index in [-0.39, 0.29) is 17.8 Å². The van der Waals surface area contributed by atoms with Crippen LogP contribution in [0.2, 0.25) is 0 Å². The molecule has 7 heteroatoms. The van der Waals surface area contributed by atoms with Crippen LogP contribution < -0.4 is 10.2 Å². The molecular weight excluding hydrogens is 430 g/mol. The van der Waals surface area contributed by atoms with Gasteiger partial charge in [0.2, 0.25) is 0 Å². The van der Waals surface area contributed by atoms with Crippen LogP contribution in [0.5, 0.6) is 5.75 Å². The molecule has 2 atom stereocenters. The summed E-state index contributed by atoms with van der Waals surface area (Å²) in [5, 5.41) is 14.7. The maximum Gasteiger partial charge on any atom is 0.174 e. The van der Waals surface area contributed by atoms with E-state index in [4.69, 9.17) is 12.2 Å². The van der Waals surface area contributed by atoms with Crippen LogP contribution in [0.1, 0.15) is 40.3 Å². The van der Waals surface area contributed by atoms with Crippen LogP contribution in [0.25, 0.3) is 5.82 Å². The number of para-hydroxylation sites is 2. The van der Waals surface area contributed by atoms with E-state index < -0.39 is 0 Å². The number of anilines is 1. The van der Waals surface area contributed by atoms with Gasteiger partial charge in [-0.15, -0.1) is 0 Å². The zero-order valence-electron chi connectivity index (χ0n) is 18.7. The van der Waals surface area contributed by atoms with Gasteiger partial charge in [0.25, 0.3) is 0 Å². The Morgan fingerprint density at radius 3 is 2.42 bits per heavy atom. The number of aromatic nitrogens is 3. The van der Waals surface area contributed by atoms with Crippen molar-refractivity contribution < 1.29 is 5.11 Å². The Kier molecular flexibility index (Phi) is 5.34. The fourth-order valence-corrected chi connectivity index (χ4v) is 5.06. The number of hydrogen-bond acceptors (Lipinski definition) is 4. The Balaban J connectivity index is 1.71. The lowest BCUT2D eigenvalue weighted by Crippen LogP contribution is -2.29. The highest BCUT2D eigenvalue weighted by Gasteiger charge is 2.43. The number of aromatic hydroxyl groups is 1. The molecule has 33 heavy (non-hydrogen) atoms. The summed E-state index contributed by atoms with van der Waals surface area (Å²) in [4.78, 5) is 11.3. The minimum Gasteiger partial charge on any atom is -0.506 e. The van der Waals surface area contributed by atoms with Crippen LogP contribution in [0.3, 0.4) is 0 Å². The molecule has 3 aromatic heterocycles. The molecule has 5 rings (SSSR count). The van der Waals surface area contributed by atoms with Crippen molar-refractivity contribution in [3.05, 3.63) is 101 Å². The fraction of sp³-hybridized carbons (Fsp3) is 0.192. The van der Waals surface area contributed by atoms with Crippen molar-refractivity contribution in [2.45, 2.75) is 32.9 Å². The standard InChI is InChI=1S/C26H25N5OS/c1-16-9-8-14-28-25(16)30-17(2)15-19(18(30)3)24-23(20-10-6-7-13-27-20)29-26(33)31(24)21-11-4-5-12-22(21)32/h4-15,23-24,32H,1-3H3,(H,29,33)/t23-,24-/m1/s1. The lowest BCUT2D eigenvalue weighted by molar-refractivity contribution is 0.472. The Bertz CT molecular complexity index is 1330. The quantitative estimate of drug-likeness (QED) is 0.419. The monoisotopic (exact) mass is 455 g/mol. The number of hydrogen-bond donors (Lipinski definition) is 2. The van der Waals surface area contributed by atoms with Crippen LogP contribution in [-0.2, 0) is 0 Å². The third-order valence-electron chi connectivity index (χ3n) is 6.22. The SMILES string of the molecule is Cc1cccnc1-n1c(C)cc([C@@H]2[C@@H](c3ccccn3)NC(=S)N2c2ccccc2O)c1C. The van der Waals surface area contributed by atoms with Gasteiger partial charge in [-0.25, -0.2) is 4.98 Å². The Morgan fingerprint density at radius 1 is 0.939 bits per heavy atom. The van der Waals surface area contributed by atoms with Crippen LogP contribution in [0.15, 0.2) is 73.1 Å². The average Bonchev–Trinajstić information content (AvgIpc) is 3.30. The number of aryl methyl sites for hydroxylation is 2. The molecule has 4 aromatic rings. The highest BCUT2D eigenvalue weighted by molar-refractivity contribution is 7.80. The molecule has 6 nitrogen and oxygen atoms in total. The van der Waals surface area contributed by atoms with Crippen molar-refractivity contribution in [3.8, 4) is 11.6 Å². The van der Waals surface area contributed by atoms with E-state index in [0.717, 1.165) is 34.0 Å². The largest absolute Gasteiger partial charge is 0.506 e. The van der Waals surface area contributed by atoms with Crippen LogP contribution in [0, 0.1) is 20.8 Å². The zero-order valence-corrected chi connectivity index (χ0v) is 19.5. The molecule has 0 spiro atoms. The first kappa shape index (κ1) is 21.2. The minimum absolute atomic E-state index is 0.183. The summed E-state index contributed by atoms with van der Waals surface area (Å²) in [6.07, 6.45) is 3.61. The molecule has 0 radical (unpaired) electrons. The van der Waals surface area contributed by atoms with Crippen molar-refractivity contribution in [2.24, 2.45) is 0 Å². The number of rotatable bonds is 4. The van der Waals surface area contributed by atoms with Gasteiger partial charge in [-0.1, -0.05) is 24.3 Å². The third kappa shape index (κ3) is 3.54. The Morgan fingerprint density at radius 2 is 1.70 bits per heavy atom. The summed E-state index contributed by atoms with van der Waals surface area (Å²) in [5.74, 6) is 1.10. The molecule has 1 saturated heterocycles. The van der Waals surface area contributed by atoms with E-state index in [2.05, 4.69) is 52.8 Å². The molecule has 4 heterocycles. The molecule has 2 N–H and O–H groups in total. The second kappa shape index (κ2) is 8.33. The molecule has 0 aliphatic carbocycles. The van der Waals surface area contributed by atoms with E-state index in [0.29, 0.717) is 10.8 Å². The number of pyridine rings is 2. The van der Waals surface area contributed by atoms with Crippen LogP contribution >= 0.6 is 12.2 Å². The average molecular weight is 456 g/mol. The maximum atomic E-state index is 10.7. The molecule has 0 unspecified atom stereocenters. The van der Waals surface area contributed by atoms with Gasteiger partial charge in [0, 0.05) is 23.8 Å². The highest BCUT2D eigenvalue weighted by atomic mass is 32.1. The number of nitrogens with zero attached hydrogens (tertiary/aromatic N) is 4. The first-order chi connectivity index (χ1) is 16.0. The first-order valence-corrected chi connectivity index (χ1v) is 11.3. The normalized spacial score (nSPS) is 17.9. The number of thiocarbonyl (C=S) groups is 1. The lowest BCUT2D eigenvalue weighted by atomic mass is 9.96. The molecule has 1 fully saturated rings. The van der Waals surface area contributed by atoms with Crippen molar-refractivity contribution in [1.29, 1.82) is 0 Å². The lowest BCUT2D eigenvalue weighted by Gasteiger charge is -2.28. The zero-order chi connectivity index (χ0) is 23.1. The van der Waals surface area contributed by atoms with E-state index in [1.165, 1.54) is 0 Å². The van der Waals surface area contributed by atoms with Gasteiger partial charge >= 0.3 is 0 Å². The molecule has 0 bridgehead atoms. The Labute approximate surface area is 198 Å². The molecule has 0 amide bonds. The van der Waals surface area contributed by atoms with Gasteiger partial charge in [0.05, 0.1) is 23.5 Å². The predicted octanol–water partition coefficient (Wildman–Crippen LogP) is 5.08. The predicted molar refractivity (Wildman–Crippen MR) is 134 cm³/mol. The number of phenols is 1. The smallest absolute Gasteiger partial charge is 0.174 e. The van der Waals surface area contributed by atoms with Crippen molar-refractivity contribution >= 4 is 23.0 Å². The van der Waals surface area contributed by atoms with E-state index >= 15 is 0 Å². The minimum atomic E-state index is -0.204.